The Balaban J connectivity index is 1.91. The molecule has 1 saturated heterocycles. The average Bonchev–Trinajstić information content (AvgIpc) is 2.49. The zero-order valence-corrected chi connectivity index (χ0v) is 12.0. The van der Waals surface area contributed by atoms with Crippen LogP contribution >= 0.6 is 0 Å². The van der Waals surface area contributed by atoms with Gasteiger partial charge >= 0.3 is 0 Å². The molecule has 19 heavy (non-hydrogen) atoms. The van der Waals surface area contributed by atoms with E-state index in [0.717, 1.165) is 44.6 Å². The number of hydrogen-bond acceptors (Lipinski definition) is 2. The molecule has 3 nitrogen and oxygen atoms in total. The van der Waals surface area contributed by atoms with Gasteiger partial charge in [0.15, 0.2) is 0 Å². The summed E-state index contributed by atoms with van der Waals surface area (Å²) in [4.78, 5) is 16.8. The molecule has 0 aliphatic carbocycles. The zero-order valence-electron chi connectivity index (χ0n) is 12.0. The van der Waals surface area contributed by atoms with Crippen LogP contribution in [0.1, 0.15) is 37.0 Å². The van der Waals surface area contributed by atoms with E-state index in [1.54, 1.807) is 0 Å². The van der Waals surface area contributed by atoms with Gasteiger partial charge in [0.05, 0.1) is 0 Å². The normalized spacial score (nSPS) is 16.9. The van der Waals surface area contributed by atoms with Crippen LogP contribution in [0, 0.1) is 0 Å². The molecule has 0 aromatic heterocycles. The molecule has 0 unspecified atom stereocenters. The number of piperidine rings is 1. The lowest BCUT2D eigenvalue weighted by Gasteiger charge is -2.37. The van der Waals surface area contributed by atoms with E-state index in [0.29, 0.717) is 6.04 Å². The second-order valence-electron chi connectivity index (χ2n) is 5.11. The first-order chi connectivity index (χ1) is 9.26. The van der Waals surface area contributed by atoms with Gasteiger partial charge in [-0.15, -0.1) is 0 Å². The van der Waals surface area contributed by atoms with Gasteiger partial charge in [-0.05, 0) is 38.1 Å². The standard InChI is InChI=1S/C16H24N2O/c1-3-17(4-2)15-10-12-18(13-11-15)16(19)14-8-6-5-7-9-14/h5-9,15H,3-4,10-13H2,1-2H3. The smallest absolute Gasteiger partial charge is 0.253 e. The van der Waals surface area contributed by atoms with E-state index in [1.165, 1.54) is 0 Å². The summed E-state index contributed by atoms with van der Waals surface area (Å²) in [6, 6.07) is 10.3. The molecule has 1 aliphatic heterocycles. The van der Waals surface area contributed by atoms with Crippen molar-refractivity contribution in [2.24, 2.45) is 0 Å². The molecule has 1 heterocycles. The van der Waals surface area contributed by atoms with Crippen molar-refractivity contribution in [3.8, 4) is 0 Å². The molecule has 1 fully saturated rings. The number of rotatable bonds is 4. The summed E-state index contributed by atoms with van der Waals surface area (Å²) in [6.45, 7) is 8.40. The third kappa shape index (κ3) is 3.35. The van der Waals surface area contributed by atoms with Crippen molar-refractivity contribution in [3.05, 3.63) is 35.9 Å². The highest BCUT2D eigenvalue weighted by Gasteiger charge is 2.25. The quantitative estimate of drug-likeness (QED) is 0.831. The second kappa shape index (κ2) is 6.71. The highest BCUT2D eigenvalue weighted by molar-refractivity contribution is 5.94. The maximum atomic E-state index is 12.3. The molecular weight excluding hydrogens is 236 g/mol. The largest absolute Gasteiger partial charge is 0.339 e. The Morgan fingerprint density at radius 2 is 1.74 bits per heavy atom. The van der Waals surface area contributed by atoms with E-state index >= 15 is 0 Å². The van der Waals surface area contributed by atoms with Crippen molar-refractivity contribution in [2.75, 3.05) is 26.2 Å². The molecule has 3 heteroatoms. The fourth-order valence-electron chi connectivity index (χ4n) is 2.94. The fourth-order valence-corrected chi connectivity index (χ4v) is 2.94. The number of carbonyl (C=O) groups is 1. The van der Waals surface area contributed by atoms with Crippen LogP contribution in [0.5, 0.6) is 0 Å². The molecule has 0 N–H and O–H groups in total. The summed E-state index contributed by atoms with van der Waals surface area (Å²) in [7, 11) is 0. The number of hydrogen-bond donors (Lipinski definition) is 0. The number of carbonyl (C=O) groups excluding carboxylic acids is 1. The van der Waals surface area contributed by atoms with E-state index in [9.17, 15) is 4.79 Å². The van der Waals surface area contributed by atoms with E-state index in [2.05, 4.69) is 18.7 Å². The average molecular weight is 260 g/mol. The van der Waals surface area contributed by atoms with Gasteiger partial charge < -0.3 is 9.80 Å². The van der Waals surface area contributed by atoms with Crippen LogP contribution in [-0.4, -0.2) is 47.9 Å². The molecule has 1 aliphatic rings. The van der Waals surface area contributed by atoms with E-state index < -0.39 is 0 Å². The molecular formula is C16H24N2O. The maximum Gasteiger partial charge on any atom is 0.253 e. The number of nitrogens with zero attached hydrogens (tertiary/aromatic N) is 2. The van der Waals surface area contributed by atoms with Gasteiger partial charge in [-0.25, -0.2) is 0 Å². The van der Waals surface area contributed by atoms with E-state index in [-0.39, 0.29) is 5.91 Å². The van der Waals surface area contributed by atoms with Crippen molar-refractivity contribution in [1.29, 1.82) is 0 Å². The Labute approximate surface area is 116 Å². The van der Waals surface area contributed by atoms with Crippen LogP contribution < -0.4 is 0 Å². The van der Waals surface area contributed by atoms with Crippen LogP contribution in [0.25, 0.3) is 0 Å². The van der Waals surface area contributed by atoms with Crippen molar-refractivity contribution in [3.63, 3.8) is 0 Å². The summed E-state index contributed by atoms with van der Waals surface area (Å²) < 4.78 is 0. The summed E-state index contributed by atoms with van der Waals surface area (Å²) in [5.41, 5.74) is 0.809. The molecule has 0 radical (unpaired) electrons. The Kier molecular flexibility index (Phi) is 4.97. The van der Waals surface area contributed by atoms with Crippen LogP contribution in [0.15, 0.2) is 30.3 Å². The van der Waals surface area contributed by atoms with Gasteiger partial charge in [0, 0.05) is 24.7 Å². The molecule has 1 amide bonds. The molecule has 104 valence electrons. The van der Waals surface area contributed by atoms with Gasteiger partial charge in [0.1, 0.15) is 0 Å². The van der Waals surface area contributed by atoms with Crippen molar-refractivity contribution >= 4 is 5.91 Å². The maximum absolute atomic E-state index is 12.3. The Bertz CT molecular complexity index is 392. The van der Waals surface area contributed by atoms with Crippen LogP contribution in [0.4, 0.5) is 0 Å². The molecule has 0 bridgehead atoms. The Morgan fingerprint density at radius 3 is 2.26 bits per heavy atom. The van der Waals surface area contributed by atoms with E-state index in [4.69, 9.17) is 0 Å². The highest BCUT2D eigenvalue weighted by Crippen LogP contribution is 2.18. The number of benzene rings is 1. The van der Waals surface area contributed by atoms with Crippen molar-refractivity contribution < 1.29 is 4.79 Å². The van der Waals surface area contributed by atoms with E-state index in [1.807, 2.05) is 35.2 Å². The third-order valence-corrected chi connectivity index (χ3v) is 4.10. The monoisotopic (exact) mass is 260 g/mol. The van der Waals surface area contributed by atoms with Gasteiger partial charge in [-0.2, -0.15) is 0 Å². The summed E-state index contributed by atoms with van der Waals surface area (Å²) in [6.07, 6.45) is 2.19. The third-order valence-electron chi connectivity index (χ3n) is 4.10. The van der Waals surface area contributed by atoms with Gasteiger partial charge in [-0.1, -0.05) is 32.0 Å². The fraction of sp³-hybridized carbons (Fsp3) is 0.562. The topological polar surface area (TPSA) is 23.6 Å². The molecule has 0 atom stereocenters. The molecule has 1 aromatic rings. The lowest BCUT2D eigenvalue weighted by Crippen LogP contribution is -2.46. The molecule has 2 rings (SSSR count). The van der Waals surface area contributed by atoms with Crippen molar-refractivity contribution in [1.82, 2.24) is 9.80 Å². The minimum absolute atomic E-state index is 0.179. The minimum Gasteiger partial charge on any atom is -0.339 e. The van der Waals surface area contributed by atoms with Crippen molar-refractivity contribution in [2.45, 2.75) is 32.7 Å². The lowest BCUT2D eigenvalue weighted by molar-refractivity contribution is 0.0631. The predicted molar refractivity (Wildman–Crippen MR) is 78.3 cm³/mol. The van der Waals surface area contributed by atoms with Crippen LogP contribution in [-0.2, 0) is 0 Å². The first-order valence-electron chi connectivity index (χ1n) is 7.34. The summed E-state index contributed by atoms with van der Waals surface area (Å²) in [5, 5.41) is 0. The van der Waals surface area contributed by atoms with Crippen LogP contribution in [0.2, 0.25) is 0 Å². The first-order valence-corrected chi connectivity index (χ1v) is 7.34. The second-order valence-corrected chi connectivity index (χ2v) is 5.11. The Morgan fingerprint density at radius 1 is 1.16 bits per heavy atom. The molecule has 0 saturated carbocycles. The minimum atomic E-state index is 0.179. The Hall–Kier alpha value is -1.35. The molecule has 1 aromatic carbocycles. The lowest BCUT2D eigenvalue weighted by atomic mass is 10.0. The molecule has 0 spiro atoms. The summed E-state index contributed by atoms with van der Waals surface area (Å²) in [5.74, 6) is 0.179. The van der Waals surface area contributed by atoms with Gasteiger partial charge in [0.2, 0.25) is 0 Å². The van der Waals surface area contributed by atoms with Gasteiger partial charge in [-0.3, -0.25) is 4.79 Å². The highest BCUT2D eigenvalue weighted by atomic mass is 16.2. The zero-order chi connectivity index (χ0) is 13.7. The SMILES string of the molecule is CCN(CC)C1CCN(C(=O)c2ccccc2)CC1. The first kappa shape index (κ1) is 14.1. The van der Waals surface area contributed by atoms with Gasteiger partial charge in [0.25, 0.3) is 5.91 Å². The summed E-state index contributed by atoms with van der Waals surface area (Å²) >= 11 is 0. The number of likely N-dealkylation sites (tertiary alicyclic amines) is 1. The van der Waals surface area contributed by atoms with Crippen LogP contribution in [0.3, 0.4) is 0 Å². The predicted octanol–water partition coefficient (Wildman–Crippen LogP) is 2.63. The number of amides is 1.